The molecule has 0 aromatic heterocycles. The highest BCUT2D eigenvalue weighted by Crippen LogP contribution is 2.37. The van der Waals surface area contributed by atoms with E-state index in [1.54, 1.807) is 0 Å². The molecule has 0 bridgehead atoms. The first-order chi connectivity index (χ1) is 7.79. The molecule has 1 nitrogen and oxygen atoms in total. The summed E-state index contributed by atoms with van der Waals surface area (Å²) in [6.45, 7) is 6.01. The Morgan fingerprint density at radius 3 is 2.62 bits per heavy atom. The van der Waals surface area contributed by atoms with Gasteiger partial charge in [0.1, 0.15) is 0 Å². The van der Waals surface area contributed by atoms with E-state index in [0.717, 1.165) is 23.8 Å². The summed E-state index contributed by atoms with van der Waals surface area (Å²) in [7, 11) is 0. The van der Waals surface area contributed by atoms with Gasteiger partial charge in [-0.2, -0.15) is 0 Å². The zero-order valence-corrected chi connectivity index (χ0v) is 11.2. The van der Waals surface area contributed by atoms with Gasteiger partial charge < -0.3 is 5.32 Å². The SMILES string of the molecule is CCCC1CCCC(NCC2CC2C)CC1. The van der Waals surface area contributed by atoms with Crippen LogP contribution in [0.5, 0.6) is 0 Å². The van der Waals surface area contributed by atoms with Gasteiger partial charge in [0.25, 0.3) is 0 Å². The smallest absolute Gasteiger partial charge is 0.00672 e. The van der Waals surface area contributed by atoms with Crippen LogP contribution in [-0.4, -0.2) is 12.6 Å². The molecule has 2 saturated carbocycles. The van der Waals surface area contributed by atoms with E-state index in [4.69, 9.17) is 0 Å². The molecule has 4 unspecified atom stereocenters. The van der Waals surface area contributed by atoms with Crippen molar-refractivity contribution in [3.8, 4) is 0 Å². The average Bonchev–Trinajstić information content (AvgIpc) is 3.00. The molecule has 2 aliphatic carbocycles. The lowest BCUT2D eigenvalue weighted by atomic mass is 9.95. The van der Waals surface area contributed by atoms with Crippen molar-refractivity contribution in [2.75, 3.05) is 6.54 Å². The van der Waals surface area contributed by atoms with Crippen molar-refractivity contribution in [1.82, 2.24) is 5.32 Å². The zero-order valence-electron chi connectivity index (χ0n) is 11.2. The molecule has 0 spiro atoms. The molecule has 0 heterocycles. The van der Waals surface area contributed by atoms with E-state index in [9.17, 15) is 0 Å². The molecule has 0 saturated heterocycles. The number of nitrogens with one attached hydrogen (secondary N) is 1. The second-order valence-electron chi connectivity index (χ2n) is 6.24. The maximum atomic E-state index is 3.82. The fraction of sp³-hybridized carbons (Fsp3) is 1.00. The molecule has 2 aliphatic rings. The molecule has 0 aromatic carbocycles. The highest BCUT2D eigenvalue weighted by molar-refractivity contribution is 4.86. The van der Waals surface area contributed by atoms with Gasteiger partial charge in [0.15, 0.2) is 0 Å². The van der Waals surface area contributed by atoms with Crippen LogP contribution in [0.3, 0.4) is 0 Å². The van der Waals surface area contributed by atoms with Gasteiger partial charge in [-0.3, -0.25) is 0 Å². The average molecular weight is 223 g/mol. The van der Waals surface area contributed by atoms with E-state index in [1.807, 2.05) is 0 Å². The molecule has 2 fully saturated rings. The van der Waals surface area contributed by atoms with Crippen molar-refractivity contribution < 1.29 is 0 Å². The minimum absolute atomic E-state index is 0.842. The van der Waals surface area contributed by atoms with Crippen molar-refractivity contribution in [2.45, 2.75) is 71.3 Å². The molecule has 16 heavy (non-hydrogen) atoms. The quantitative estimate of drug-likeness (QED) is 0.695. The van der Waals surface area contributed by atoms with Crippen molar-refractivity contribution >= 4 is 0 Å². The molecule has 94 valence electrons. The maximum absolute atomic E-state index is 3.82. The van der Waals surface area contributed by atoms with Crippen LogP contribution < -0.4 is 5.32 Å². The Balaban J connectivity index is 1.63. The molecular weight excluding hydrogens is 194 g/mol. The van der Waals surface area contributed by atoms with Gasteiger partial charge in [-0.15, -0.1) is 0 Å². The Hall–Kier alpha value is -0.0400. The molecule has 0 amide bonds. The summed E-state index contributed by atoms with van der Waals surface area (Å²) in [4.78, 5) is 0. The Labute approximate surface area is 101 Å². The lowest BCUT2D eigenvalue weighted by Gasteiger charge is -2.16. The third-order valence-electron chi connectivity index (χ3n) is 4.73. The highest BCUT2D eigenvalue weighted by Gasteiger charge is 2.32. The zero-order chi connectivity index (χ0) is 11.4. The maximum Gasteiger partial charge on any atom is 0.00672 e. The topological polar surface area (TPSA) is 12.0 Å². The number of hydrogen-bond acceptors (Lipinski definition) is 1. The fourth-order valence-corrected chi connectivity index (χ4v) is 3.28. The van der Waals surface area contributed by atoms with E-state index < -0.39 is 0 Å². The second-order valence-corrected chi connectivity index (χ2v) is 6.24. The van der Waals surface area contributed by atoms with E-state index in [0.29, 0.717) is 0 Å². The predicted molar refractivity (Wildman–Crippen MR) is 70.5 cm³/mol. The first kappa shape index (κ1) is 12.4. The van der Waals surface area contributed by atoms with Gasteiger partial charge in [-0.1, -0.05) is 39.5 Å². The first-order valence-electron chi connectivity index (χ1n) is 7.53. The minimum Gasteiger partial charge on any atom is -0.314 e. The molecule has 1 N–H and O–H groups in total. The standard InChI is InChI=1S/C15H29N/c1-3-5-13-6-4-7-15(9-8-13)16-11-14-10-12(14)2/h12-16H,3-11H2,1-2H3. The van der Waals surface area contributed by atoms with Gasteiger partial charge in [-0.05, 0) is 50.0 Å². The summed E-state index contributed by atoms with van der Waals surface area (Å²) >= 11 is 0. The lowest BCUT2D eigenvalue weighted by Crippen LogP contribution is -2.30. The van der Waals surface area contributed by atoms with Crippen LogP contribution in [0, 0.1) is 17.8 Å². The van der Waals surface area contributed by atoms with Gasteiger partial charge in [0.2, 0.25) is 0 Å². The predicted octanol–water partition coefficient (Wildman–Crippen LogP) is 3.98. The number of rotatable bonds is 5. The minimum atomic E-state index is 0.842. The van der Waals surface area contributed by atoms with Crippen LogP contribution >= 0.6 is 0 Å². The first-order valence-corrected chi connectivity index (χ1v) is 7.53. The Morgan fingerprint density at radius 1 is 1.12 bits per heavy atom. The largest absolute Gasteiger partial charge is 0.314 e. The fourth-order valence-electron chi connectivity index (χ4n) is 3.28. The van der Waals surface area contributed by atoms with Gasteiger partial charge >= 0.3 is 0 Å². The Kier molecular flexibility index (Phi) is 4.69. The van der Waals surface area contributed by atoms with E-state index in [2.05, 4.69) is 19.2 Å². The van der Waals surface area contributed by atoms with Crippen molar-refractivity contribution in [3.05, 3.63) is 0 Å². The van der Waals surface area contributed by atoms with Crippen LogP contribution in [0.25, 0.3) is 0 Å². The third kappa shape index (κ3) is 3.76. The van der Waals surface area contributed by atoms with Gasteiger partial charge in [0, 0.05) is 6.04 Å². The van der Waals surface area contributed by atoms with Crippen molar-refractivity contribution in [1.29, 1.82) is 0 Å². The molecule has 4 atom stereocenters. The normalized spacial score (nSPS) is 39.4. The molecular formula is C15H29N. The summed E-state index contributed by atoms with van der Waals surface area (Å²) in [5, 5.41) is 3.82. The van der Waals surface area contributed by atoms with Gasteiger partial charge in [0.05, 0.1) is 0 Å². The summed E-state index contributed by atoms with van der Waals surface area (Å²) in [6, 6.07) is 0.842. The Morgan fingerprint density at radius 2 is 1.94 bits per heavy atom. The van der Waals surface area contributed by atoms with Gasteiger partial charge in [-0.25, -0.2) is 0 Å². The monoisotopic (exact) mass is 223 g/mol. The van der Waals surface area contributed by atoms with Crippen LogP contribution in [0.4, 0.5) is 0 Å². The van der Waals surface area contributed by atoms with Crippen LogP contribution in [0.1, 0.15) is 65.2 Å². The van der Waals surface area contributed by atoms with E-state index in [1.165, 1.54) is 57.9 Å². The molecule has 0 aliphatic heterocycles. The summed E-state index contributed by atoms with van der Waals surface area (Å²) in [5.41, 5.74) is 0. The van der Waals surface area contributed by atoms with Crippen molar-refractivity contribution in [3.63, 3.8) is 0 Å². The Bertz CT molecular complexity index is 202. The molecule has 1 heteroatoms. The van der Waals surface area contributed by atoms with Crippen LogP contribution in [0.15, 0.2) is 0 Å². The highest BCUT2D eigenvalue weighted by atomic mass is 14.9. The van der Waals surface area contributed by atoms with Crippen LogP contribution in [0.2, 0.25) is 0 Å². The molecule has 0 radical (unpaired) electrons. The summed E-state index contributed by atoms with van der Waals surface area (Å²) in [5.74, 6) is 3.05. The van der Waals surface area contributed by atoms with E-state index in [-0.39, 0.29) is 0 Å². The summed E-state index contributed by atoms with van der Waals surface area (Å²) < 4.78 is 0. The molecule has 2 rings (SSSR count). The summed E-state index contributed by atoms with van der Waals surface area (Å²) in [6.07, 6.45) is 11.6. The van der Waals surface area contributed by atoms with E-state index >= 15 is 0 Å². The third-order valence-corrected chi connectivity index (χ3v) is 4.73. The molecule has 0 aromatic rings. The van der Waals surface area contributed by atoms with Crippen LogP contribution in [-0.2, 0) is 0 Å². The van der Waals surface area contributed by atoms with Crippen molar-refractivity contribution in [2.24, 2.45) is 17.8 Å². The second kappa shape index (κ2) is 6.05. The lowest BCUT2D eigenvalue weighted by molar-refractivity contribution is 0.406. The number of hydrogen-bond donors (Lipinski definition) is 1.